The lowest BCUT2D eigenvalue weighted by Gasteiger charge is -2.16. The number of fused-ring (bicyclic) bond motifs is 1. The first-order valence-corrected chi connectivity index (χ1v) is 7.46. The number of ether oxygens (including phenoxy) is 1. The maximum absolute atomic E-state index is 11.8. The third-order valence-corrected chi connectivity index (χ3v) is 4.01. The lowest BCUT2D eigenvalue weighted by atomic mass is 10.1. The van der Waals surface area contributed by atoms with Crippen molar-refractivity contribution in [2.24, 2.45) is 0 Å². The lowest BCUT2D eigenvalue weighted by Crippen LogP contribution is -2.18. The Morgan fingerprint density at radius 3 is 2.46 bits per heavy atom. The zero-order valence-corrected chi connectivity index (χ0v) is 13.3. The van der Waals surface area contributed by atoms with Crippen LogP contribution in [0, 0.1) is 13.8 Å². The first-order chi connectivity index (χ1) is 11.5. The fourth-order valence-corrected chi connectivity index (χ4v) is 2.53. The first kappa shape index (κ1) is 15.8. The highest BCUT2D eigenvalue weighted by molar-refractivity contribution is 5.82. The first-order valence-electron chi connectivity index (χ1n) is 7.46. The van der Waals surface area contributed by atoms with Crippen LogP contribution in [0.4, 0.5) is 0 Å². The van der Waals surface area contributed by atoms with Gasteiger partial charge in [-0.05, 0) is 31.5 Å². The maximum Gasteiger partial charge on any atom is 0.349 e. The van der Waals surface area contributed by atoms with Crippen LogP contribution >= 0.6 is 0 Å². The van der Waals surface area contributed by atoms with Crippen molar-refractivity contribution in [3.63, 3.8) is 0 Å². The van der Waals surface area contributed by atoms with E-state index in [9.17, 15) is 14.7 Å². The number of aliphatic carboxylic acids is 1. The second-order valence-corrected chi connectivity index (χ2v) is 5.54. The molecule has 5 heteroatoms. The largest absolute Gasteiger partial charge is 0.478 e. The quantitative estimate of drug-likeness (QED) is 0.742. The van der Waals surface area contributed by atoms with Crippen molar-refractivity contribution < 1.29 is 19.1 Å². The van der Waals surface area contributed by atoms with Crippen LogP contribution in [0.25, 0.3) is 11.0 Å². The third-order valence-electron chi connectivity index (χ3n) is 4.01. The van der Waals surface area contributed by atoms with Crippen LogP contribution in [0.2, 0.25) is 0 Å². The van der Waals surface area contributed by atoms with Gasteiger partial charge in [0.1, 0.15) is 11.3 Å². The van der Waals surface area contributed by atoms with Gasteiger partial charge in [0.25, 0.3) is 0 Å². The highest BCUT2D eigenvalue weighted by Gasteiger charge is 2.22. The molecule has 2 aromatic carbocycles. The van der Waals surface area contributed by atoms with E-state index in [0.29, 0.717) is 22.5 Å². The monoisotopic (exact) mass is 324 g/mol. The van der Waals surface area contributed by atoms with E-state index in [4.69, 9.17) is 9.15 Å². The molecule has 0 saturated heterocycles. The molecule has 3 aromatic rings. The molecule has 0 radical (unpaired) electrons. The minimum absolute atomic E-state index is 0.324. The van der Waals surface area contributed by atoms with Crippen molar-refractivity contribution in [2.45, 2.75) is 20.0 Å². The molecular weight excluding hydrogens is 308 g/mol. The average molecular weight is 324 g/mol. The van der Waals surface area contributed by atoms with Gasteiger partial charge in [0.15, 0.2) is 0 Å². The van der Waals surface area contributed by atoms with Crippen LogP contribution in [0.15, 0.2) is 57.7 Å². The van der Waals surface area contributed by atoms with Crippen molar-refractivity contribution in [3.05, 3.63) is 75.6 Å². The van der Waals surface area contributed by atoms with Gasteiger partial charge in [-0.1, -0.05) is 30.3 Å². The van der Waals surface area contributed by atoms with E-state index < -0.39 is 17.7 Å². The molecular formula is C19H16O5. The summed E-state index contributed by atoms with van der Waals surface area (Å²) in [7, 11) is 0. The van der Waals surface area contributed by atoms with Gasteiger partial charge >= 0.3 is 11.6 Å². The van der Waals surface area contributed by atoms with E-state index in [-0.39, 0.29) is 0 Å². The van der Waals surface area contributed by atoms with E-state index in [2.05, 4.69) is 0 Å². The van der Waals surface area contributed by atoms with Gasteiger partial charge in [0, 0.05) is 22.6 Å². The molecule has 0 spiro atoms. The molecule has 1 aromatic heterocycles. The lowest BCUT2D eigenvalue weighted by molar-refractivity contribution is -0.145. The summed E-state index contributed by atoms with van der Waals surface area (Å²) in [6.45, 7) is 3.56. The number of carboxylic acids is 1. The summed E-state index contributed by atoms with van der Waals surface area (Å²) in [5.74, 6) is -0.770. The van der Waals surface area contributed by atoms with E-state index >= 15 is 0 Å². The van der Waals surface area contributed by atoms with Crippen molar-refractivity contribution in [1.82, 2.24) is 0 Å². The predicted molar refractivity (Wildman–Crippen MR) is 89.4 cm³/mol. The maximum atomic E-state index is 11.8. The average Bonchev–Trinajstić information content (AvgIpc) is 2.58. The van der Waals surface area contributed by atoms with Gasteiger partial charge < -0.3 is 14.3 Å². The molecule has 0 aliphatic rings. The van der Waals surface area contributed by atoms with Gasteiger partial charge in [0.2, 0.25) is 6.10 Å². The van der Waals surface area contributed by atoms with Crippen LogP contribution in [0.3, 0.4) is 0 Å². The summed E-state index contributed by atoms with van der Waals surface area (Å²) >= 11 is 0. The standard InChI is InChI=1S/C19H16O5/c1-11-12(2)19(22)24-16-10-14(8-9-15(11)16)23-17(18(20)21)13-6-4-3-5-7-13/h3-10,17H,1-2H3,(H,20,21)/t17-/m0/s1. The number of hydrogen-bond donors (Lipinski definition) is 1. The number of benzene rings is 2. The normalized spacial score (nSPS) is 12.1. The minimum atomic E-state index is -1.14. The Kier molecular flexibility index (Phi) is 4.08. The Bertz CT molecular complexity index is 957. The molecule has 122 valence electrons. The number of carbonyl (C=O) groups is 1. The topological polar surface area (TPSA) is 76.7 Å². The number of carboxylic acid groups (broad SMARTS) is 1. The minimum Gasteiger partial charge on any atom is -0.478 e. The molecule has 0 fully saturated rings. The molecule has 5 nitrogen and oxygen atoms in total. The third kappa shape index (κ3) is 2.88. The predicted octanol–water partition coefficient (Wildman–Crippen LogP) is 3.61. The van der Waals surface area contributed by atoms with Crippen LogP contribution in [0.1, 0.15) is 22.8 Å². The van der Waals surface area contributed by atoms with Crippen LogP contribution < -0.4 is 10.4 Å². The Labute approximate surface area is 138 Å². The molecule has 0 unspecified atom stereocenters. The Morgan fingerprint density at radius 2 is 1.79 bits per heavy atom. The second kappa shape index (κ2) is 6.20. The van der Waals surface area contributed by atoms with Crippen LogP contribution in [-0.2, 0) is 4.79 Å². The molecule has 0 amide bonds. The van der Waals surface area contributed by atoms with Gasteiger partial charge in [-0.25, -0.2) is 9.59 Å². The second-order valence-electron chi connectivity index (χ2n) is 5.54. The Balaban J connectivity index is 2.02. The van der Waals surface area contributed by atoms with E-state index in [1.54, 1.807) is 55.5 Å². The Hall–Kier alpha value is -3.08. The summed E-state index contributed by atoms with van der Waals surface area (Å²) in [6, 6.07) is 13.7. The van der Waals surface area contributed by atoms with Crippen LogP contribution in [-0.4, -0.2) is 11.1 Å². The van der Waals surface area contributed by atoms with E-state index in [1.165, 1.54) is 0 Å². The van der Waals surface area contributed by atoms with Gasteiger partial charge in [-0.3, -0.25) is 0 Å². The summed E-state index contributed by atoms with van der Waals surface area (Å²) in [6.07, 6.45) is -1.14. The van der Waals surface area contributed by atoms with Crippen LogP contribution in [0.5, 0.6) is 5.75 Å². The molecule has 1 N–H and O–H groups in total. The van der Waals surface area contributed by atoms with Gasteiger partial charge in [-0.2, -0.15) is 0 Å². The van der Waals surface area contributed by atoms with Gasteiger partial charge in [-0.15, -0.1) is 0 Å². The van der Waals surface area contributed by atoms with Crippen molar-refractivity contribution >= 4 is 16.9 Å². The number of hydrogen-bond acceptors (Lipinski definition) is 4. The summed E-state index contributed by atoms with van der Waals surface area (Å²) in [5, 5.41) is 10.2. The molecule has 0 saturated carbocycles. The summed E-state index contributed by atoms with van der Waals surface area (Å²) in [4.78, 5) is 23.3. The van der Waals surface area contributed by atoms with Crippen molar-refractivity contribution in [2.75, 3.05) is 0 Å². The molecule has 0 aliphatic heterocycles. The zero-order chi connectivity index (χ0) is 17.3. The van der Waals surface area contributed by atoms with E-state index in [0.717, 1.165) is 10.9 Å². The molecule has 0 bridgehead atoms. The van der Waals surface area contributed by atoms with Gasteiger partial charge in [0.05, 0.1) is 0 Å². The molecule has 0 aliphatic carbocycles. The summed E-state index contributed by atoms with van der Waals surface area (Å²) in [5.41, 5.74) is 1.90. The Morgan fingerprint density at radius 1 is 1.08 bits per heavy atom. The molecule has 1 heterocycles. The highest BCUT2D eigenvalue weighted by Crippen LogP contribution is 2.27. The summed E-state index contributed by atoms with van der Waals surface area (Å²) < 4.78 is 10.9. The fraction of sp³-hybridized carbons (Fsp3) is 0.158. The SMILES string of the molecule is Cc1c(C)c2ccc(O[C@H](C(=O)O)c3ccccc3)cc2oc1=O. The molecule has 3 rings (SSSR count). The molecule has 1 atom stereocenters. The highest BCUT2D eigenvalue weighted by atomic mass is 16.5. The fourth-order valence-electron chi connectivity index (χ4n) is 2.53. The number of rotatable bonds is 4. The van der Waals surface area contributed by atoms with Crippen molar-refractivity contribution in [3.8, 4) is 5.75 Å². The van der Waals surface area contributed by atoms with E-state index in [1.807, 2.05) is 6.92 Å². The number of aryl methyl sites for hydroxylation is 1. The zero-order valence-electron chi connectivity index (χ0n) is 13.3. The van der Waals surface area contributed by atoms with Crippen molar-refractivity contribution in [1.29, 1.82) is 0 Å². The molecule has 24 heavy (non-hydrogen) atoms. The smallest absolute Gasteiger partial charge is 0.349 e.